The van der Waals surface area contributed by atoms with Gasteiger partial charge in [-0.15, -0.1) is 0 Å². The fourth-order valence-electron chi connectivity index (χ4n) is 2.41. The van der Waals surface area contributed by atoms with E-state index in [1.807, 2.05) is 11.6 Å². The molecule has 2 rings (SSSR count). The zero-order chi connectivity index (χ0) is 12.5. The van der Waals surface area contributed by atoms with E-state index < -0.39 is 0 Å². The summed E-state index contributed by atoms with van der Waals surface area (Å²) in [5, 5.41) is 7.98. The maximum atomic E-state index is 6.08. The zero-order valence-electron chi connectivity index (χ0n) is 11.2. The smallest absolute Gasteiger partial charge is 0.148 e. The molecular formula is C13H24N4. The van der Waals surface area contributed by atoms with Gasteiger partial charge in [-0.2, -0.15) is 5.10 Å². The molecule has 0 atom stereocenters. The average Bonchev–Trinajstić information content (AvgIpc) is 2.51. The van der Waals surface area contributed by atoms with Gasteiger partial charge in [0.2, 0.25) is 0 Å². The van der Waals surface area contributed by atoms with Gasteiger partial charge >= 0.3 is 0 Å². The Hall–Kier alpha value is -1.19. The van der Waals surface area contributed by atoms with Crippen LogP contribution in [0.2, 0.25) is 0 Å². The van der Waals surface area contributed by atoms with Gasteiger partial charge in [-0.05, 0) is 31.6 Å². The molecular weight excluding hydrogens is 212 g/mol. The molecule has 1 saturated carbocycles. The summed E-state index contributed by atoms with van der Waals surface area (Å²) in [4.78, 5) is 0. The van der Waals surface area contributed by atoms with Crippen LogP contribution in [0.15, 0.2) is 0 Å². The van der Waals surface area contributed by atoms with E-state index in [9.17, 15) is 0 Å². The van der Waals surface area contributed by atoms with E-state index in [1.54, 1.807) is 0 Å². The molecule has 96 valence electrons. The highest BCUT2D eigenvalue weighted by Gasteiger charge is 2.31. The van der Waals surface area contributed by atoms with Crippen LogP contribution in [0.3, 0.4) is 0 Å². The quantitative estimate of drug-likeness (QED) is 0.826. The predicted molar refractivity (Wildman–Crippen MR) is 72.1 cm³/mol. The molecule has 1 aliphatic rings. The molecule has 0 saturated heterocycles. The molecule has 17 heavy (non-hydrogen) atoms. The molecule has 0 radical (unpaired) electrons. The number of hydrogen-bond donors (Lipinski definition) is 2. The molecule has 0 aromatic carbocycles. The number of aryl methyl sites for hydroxylation is 2. The molecule has 3 N–H and O–H groups in total. The van der Waals surface area contributed by atoms with Gasteiger partial charge in [-0.25, -0.2) is 4.68 Å². The Balaban J connectivity index is 2.07. The molecule has 0 spiro atoms. The van der Waals surface area contributed by atoms with Crippen molar-refractivity contribution in [3.63, 3.8) is 0 Å². The molecule has 1 heterocycles. The van der Waals surface area contributed by atoms with E-state index in [-0.39, 0.29) is 0 Å². The van der Waals surface area contributed by atoms with Crippen molar-refractivity contribution in [1.29, 1.82) is 0 Å². The first-order chi connectivity index (χ1) is 8.06. The first kappa shape index (κ1) is 12.3. The highest BCUT2D eigenvalue weighted by atomic mass is 15.3. The Morgan fingerprint density at radius 2 is 2.18 bits per heavy atom. The maximum absolute atomic E-state index is 6.08. The Kier molecular flexibility index (Phi) is 3.31. The average molecular weight is 236 g/mol. The number of nitrogens with two attached hydrogens (primary N) is 1. The third kappa shape index (κ3) is 2.40. The van der Waals surface area contributed by atoms with Crippen molar-refractivity contribution in [3.8, 4) is 0 Å². The number of hydrogen-bond acceptors (Lipinski definition) is 3. The van der Waals surface area contributed by atoms with E-state index >= 15 is 0 Å². The maximum Gasteiger partial charge on any atom is 0.148 e. The molecule has 0 bridgehead atoms. The normalized spacial score (nSPS) is 17.8. The van der Waals surface area contributed by atoms with Crippen molar-refractivity contribution in [2.75, 3.05) is 17.6 Å². The first-order valence-electron chi connectivity index (χ1n) is 6.62. The summed E-state index contributed by atoms with van der Waals surface area (Å²) in [7, 11) is 0. The lowest BCUT2D eigenvalue weighted by molar-refractivity contribution is 0.179. The van der Waals surface area contributed by atoms with Gasteiger partial charge in [-0.3, -0.25) is 0 Å². The van der Waals surface area contributed by atoms with Crippen LogP contribution in [0.25, 0.3) is 0 Å². The topological polar surface area (TPSA) is 55.9 Å². The molecule has 4 heteroatoms. The second kappa shape index (κ2) is 4.59. The minimum atomic E-state index is 0.460. The minimum Gasteiger partial charge on any atom is -0.394 e. The van der Waals surface area contributed by atoms with E-state index in [1.165, 1.54) is 19.3 Å². The highest BCUT2D eigenvalue weighted by Crippen LogP contribution is 2.40. The molecule has 0 aliphatic heterocycles. The Labute approximate surface area is 104 Å². The van der Waals surface area contributed by atoms with Gasteiger partial charge < -0.3 is 11.1 Å². The van der Waals surface area contributed by atoms with E-state index in [2.05, 4.69) is 24.3 Å². The third-order valence-corrected chi connectivity index (χ3v) is 3.85. The Morgan fingerprint density at radius 3 is 2.71 bits per heavy atom. The summed E-state index contributed by atoms with van der Waals surface area (Å²) in [6, 6.07) is 0. The highest BCUT2D eigenvalue weighted by molar-refractivity contribution is 5.64. The largest absolute Gasteiger partial charge is 0.394 e. The van der Waals surface area contributed by atoms with Crippen molar-refractivity contribution in [3.05, 3.63) is 5.69 Å². The van der Waals surface area contributed by atoms with Crippen LogP contribution in [-0.4, -0.2) is 16.3 Å². The molecule has 0 unspecified atom stereocenters. The standard InChI is InChI=1S/C13H24N4/c1-4-8-17-12(11(14)10(2)16-17)15-9-13(3)6-5-7-13/h15H,4-9,14H2,1-3H3. The van der Waals surface area contributed by atoms with Crippen molar-refractivity contribution < 1.29 is 0 Å². The number of nitrogen functional groups attached to an aromatic ring is 1. The minimum absolute atomic E-state index is 0.460. The molecule has 1 aromatic rings. The number of anilines is 2. The summed E-state index contributed by atoms with van der Waals surface area (Å²) in [5.74, 6) is 1.01. The van der Waals surface area contributed by atoms with Gasteiger partial charge in [0.15, 0.2) is 0 Å². The summed E-state index contributed by atoms with van der Waals surface area (Å²) < 4.78 is 2.01. The second-order valence-corrected chi connectivity index (χ2v) is 5.59. The van der Waals surface area contributed by atoms with Gasteiger partial charge in [0.05, 0.1) is 11.4 Å². The molecule has 4 nitrogen and oxygen atoms in total. The molecule has 1 aliphatic carbocycles. The van der Waals surface area contributed by atoms with Gasteiger partial charge in [-0.1, -0.05) is 20.3 Å². The SMILES string of the molecule is CCCn1nc(C)c(N)c1NCC1(C)CCC1. The van der Waals surface area contributed by atoms with Crippen molar-refractivity contribution >= 4 is 11.5 Å². The van der Waals surface area contributed by atoms with Gasteiger partial charge in [0.1, 0.15) is 5.82 Å². The summed E-state index contributed by atoms with van der Waals surface area (Å²) in [6.07, 6.45) is 5.08. The lowest BCUT2D eigenvalue weighted by atomic mass is 9.70. The second-order valence-electron chi connectivity index (χ2n) is 5.59. The van der Waals surface area contributed by atoms with Crippen LogP contribution in [-0.2, 0) is 6.54 Å². The fraction of sp³-hybridized carbons (Fsp3) is 0.769. The summed E-state index contributed by atoms with van der Waals surface area (Å²) in [6.45, 7) is 8.40. The van der Waals surface area contributed by atoms with E-state index in [0.29, 0.717) is 5.41 Å². The van der Waals surface area contributed by atoms with Gasteiger partial charge in [0.25, 0.3) is 0 Å². The van der Waals surface area contributed by atoms with Crippen LogP contribution in [0.4, 0.5) is 11.5 Å². The Morgan fingerprint density at radius 1 is 1.47 bits per heavy atom. The number of nitrogens with one attached hydrogen (secondary N) is 1. The Bertz CT molecular complexity index is 390. The third-order valence-electron chi connectivity index (χ3n) is 3.85. The van der Waals surface area contributed by atoms with Gasteiger partial charge in [0, 0.05) is 13.1 Å². The summed E-state index contributed by atoms with van der Waals surface area (Å²) in [5.41, 5.74) is 8.27. The lowest BCUT2D eigenvalue weighted by Crippen LogP contribution is -2.33. The van der Waals surface area contributed by atoms with Crippen molar-refractivity contribution in [2.45, 2.75) is 53.0 Å². The number of nitrogens with zero attached hydrogens (tertiary/aromatic N) is 2. The molecule has 1 fully saturated rings. The number of aromatic nitrogens is 2. The number of rotatable bonds is 5. The van der Waals surface area contributed by atoms with Crippen molar-refractivity contribution in [1.82, 2.24) is 9.78 Å². The first-order valence-corrected chi connectivity index (χ1v) is 6.62. The van der Waals surface area contributed by atoms with Crippen LogP contribution >= 0.6 is 0 Å². The van der Waals surface area contributed by atoms with Crippen LogP contribution in [0, 0.1) is 12.3 Å². The lowest BCUT2D eigenvalue weighted by Gasteiger charge is -2.38. The van der Waals surface area contributed by atoms with Crippen molar-refractivity contribution in [2.24, 2.45) is 5.41 Å². The molecule has 1 aromatic heterocycles. The van der Waals surface area contributed by atoms with Crippen LogP contribution in [0.1, 0.15) is 45.2 Å². The fourth-order valence-corrected chi connectivity index (χ4v) is 2.41. The zero-order valence-corrected chi connectivity index (χ0v) is 11.2. The van der Waals surface area contributed by atoms with E-state index in [4.69, 9.17) is 5.73 Å². The predicted octanol–water partition coefficient (Wildman–Crippen LogP) is 2.79. The van der Waals surface area contributed by atoms with Crippen LogP contribution in [0.5, 0.6) is 0 Å². The monoisotopic (exact) mass is 236 g/mol. The van der Waals surface area contributed by atoms with Crippen LogP contribution < -0.4 is 11.1 Å². The molecule has 0 amide bonds. The summed E-state index contributed by atoms with van der Waals surface area (Å²) >= 11 is 0. The van der Waals surface area contributed by atoms with E-state index in [0.717, 1.165) is 36.7 Å².